The van der Waals surface area contributed by atoms with Crippen molar-refractivity contribution in [2.75, 3.05) is 12.4 Å². The monoisotopic (exact) mass is 290 g/mol. The number of nitrogens with zero attached hydrogens (tertiary/aromatic N) is 1. The van der Waals surface area contributed by atoms with Crippen LogP contribution in [0.25, 0.3) is 0 Å². The average molecular weight is 290 g/mol. The maximum absolute atomic E-state index is 13.8. The molecule has 0 atom stereocenters. The third-order valence-electron chi connectivity index (χ3n) is 2.69. The van der Waals surface area contributed by atoms with Crippen LogP contribution in [0, 0.1) is 5.82 Å². The first-order valence-corrected chi connectivity index (χ1v) is 5.86. The van der Waals surface area contributed by atoms with E-state index < -0.39 is 17.7 Å². The van der Waals surface area contributed by atoms with E-state index in [0.29, 0.717) is 0 Å². The molecule has 21 heavy (non-hydrogen) atoms. The molecule has 1 aromatic carbocycles. The number of carbonyl (C=O) groups is 2. The van der Waals surface area contributed by atoms with Gasteiger partial charge in [-0.15, -0.1) is 0 Å². The van der Waals surface area contributed by atoms with Crippen molar-refractivity contribution >= 4 is 17.7 Å². The quantitative estimate of drug-likeness (QED) is 0.901. The van der Waals surface area contributed by atoms with Gasteiger partial charge >= 0.3 is 5.97 Å². The molecule has 0 spiro atoms. The summed E-state index contributed by atoms with van der Waals surface area (Å²) in [6.45, 7) is 0. The minimum absolute atomic E-state index is 0.148. The molecule has 108 valence electrons. The number of aromatic carboxylic acids is 1. The predicted molar refractivity (Wildman–Crippen MR) is 72.1 cm³/mol. The molecule has 0 aliphatic heterocycles. The van der Waals surface area contributed by atoms with Gasteiger partial charge in [-0.2, -0.15) is 0 Å². The Hall–Kier alpha value is -2.96. The predicted octanol–water partition coefficient (Wildman–Crippen LogP) is 2.18. The average Bonchev–Trinajstić information content (AvgIpc) is 2.47. The van der Waals surface area contributed by atoms with Gasteiger partial charge in [0.2, 0.25) is 0 Å². The van der Waals surface area contributed by atoms with Gasteiger partial charge in [0, 0.05) is 12.3 Å². The summed E-state index contributed by atoms with van der Waals surface area (Å²) < 4.78 is 18.6. The fourth-order valence-corrected chi connectivity index (χ4v) is 1.66. The van der Waals surface area contributed by atoms with Crippen LogP contribution >= 0.6 is 0 Å². The number of rotatable bonds is 4. The summed E-state index contributed by atoms with van der Waals surface area (Å²) >= 11 is 0. The van der Waals surface area contributed by atoms with Crippen molar-refractivity contribution < 1.29 is 23.8 Å². The van der Waals surface area contributed by atoms with Gasteiger partial charge in [-0.25, -0.2) is 14.2 Å². The van der Waals surface area contributed by atoms with Crippen molar-refractivity contribution in [2.24, 2.45) is 0 Å². The number of hydrogen-bond donors (Lipinski definition) is 2. The number of carbonyl (C=O) groups excluding carboxylic acids is 1. The minimum Gasteiger partial charge on any atom is -0.497 e. The maximum atomic E-state index is 13.8. The van der Waals surface area contributed by atoms with Crippen LogP contribution in [0.5, 0.6) is 5.75 Å². The number of hydrogen-bond acceptors (Lipinski definition) is 4. The number of nitrogens with one attached hydrogen (secondary N) is 1. The first kappa shape index (κ1) is 14.4. The molecular formula is C14H11FN2O4. The van der Waals surface area contributed by atoms with E-state index in [1.807, 2.05) is 0 Å². The number of anilines is 1. The Morgan fingerprint density at radius 3 is 2.67 bits per heavy atom. The first-order chi connectivity index (χ1) is 10.0. The molecule has 7 heteroatoms. The number of ether oxygens (including phenoxy) is 1. The fourth-order valence-electron chi connectivity index (χ4n) is 1.66. The number of halogens is 1. The Labute approximate surface area is 119 Å². The lowest BCUT2D eigenvalue weighted by molar-refractivity contribution is 0.0697. The zero-order valence-corrected chi connectivity index (χ0v) is 11.0. The molecule has 0 aliphatic carbocycles. The molecule has 1 heterocycles. The van der Waals surface area contributed by atoms with Gasteiger partial charge in [-0.1, -0.05) is 0 Å². The van der Waals surface area contributed by atoms with Crippen molar-refractivity contribution in [1.29, 1.82) is 0 Å². The molecule has 0 bridgehead atoms. The van der Waals surface area contributed by atoms with Crippen LogP contribution in [-0.4, -0.2) is 29.1 Å². The van der Waals surface area contributed by atoms with E-state index in [0.717, 1.165) is 6.07 Å². The highest BCUT2D eigenvalue weighted by molar-refractivity contribution is 6.07. The summed E-state index contributed by atoms with van der Waals surface area (Å²) in [4.78, 5) is 26.8. The van der Waals surface area contributed by atoms with E-state index in [1.165, 1.54) is 37.6 Å². The zero-order chi connectivity index (χ0) is 15.4. The minimum atomic E-state index is -1.24. The van der Waals surface area contributed by atoms with Gasteiger partial charge < -0.3 is 15.2 Å². The summed E-state index contributed by atoms with van der Waals surface area (Å²) in [5.74, 6) is -2.69. The smallest absolute Gasteiger partial charge is 0.339 e. The van der Waals surface area contributed by atoms with Crippen LogP contribution in [0.1, 0.15) is 20.7 Å². The lowest BCUT2D eigenvalue weighted by Gasteiger charge is -2.08. The van der Waals surface area contributed by atoms with Crippen LogP contribution in [0.3, 0.4) is 0 Å². The second-order valence-electron chi connectivity index (χ2n) is 4.00. The Morgan fingerprint density at radius 2 is 2.05 bits per heavy atom. The molecule has 0 aliphatic rings. The standard InChI is InChI=1S/C14H11FN2O4/c1-21-8-4-5-9(11(15)7-8)13(18)17-12-10(14(19)20)3-2-6-16-12/h2-7H,1H3,(H,19,20)(H,16,17,18). The Kier molecular flexibility index (Phi) is 4.13. The summed E-state index contributed by atoms with van der Waals surface area (Å²) in [5.41, 5.74) is -0.419. The number of pyridine rings is 1. The first-order valence-electron chi connectivity index (χ1n) is 5.86. The van der Waals surface area contributed by atoms with Crippen LogP contribution in [0.15, 0.2) is 36.5 Å². The van der Waals surface area contributed by atoms with Gasteiger partial charge in [0.15, 0.2) is 0 Å². The molecule has 2 aromatic rings. The van der Waals surface area contributed by atoms with Gasteiger partial charge in [0.1, 0.15) is 22.9 Å². The number of amides is 1. The molecule has 0 unspecified atom stereocenters. The summed E-state index contributed by atoms with van der Waals surface area (Å²) in [7, 11) is 1.38. The van der Waals surface area contributed by atoms with Gasteiger partial charge in [-0.05, 0) is 24.3 Å². The highest BCUT2D eigenvalue weighted by Crippen LogP contribution is 2.18. The molecule has 1 aromatic heterocycles. The maximum Gasteiger partial charge on any atom is 0.339 e. The Balaban J connectivity index is 2.28. The second-order valence-corrected chi connectivity index (χ2v) is 4.00. The zero-order valence-electron chi connectivity index (χ0n) is 11.0. The van der Waals surface area contributed by atoms with E-state index in [2.05, 4.69) is 10.3 Å². The molecule has 2 N–H and O–H groups in total. The van der Waals surface area contributed by atoms with E-state index in [9.17, 15) is 14.0 Å². The number of benzene rings is 1. The lowest BCUT2D eigenvalue weighted by atomic mass is 10.2. The third-order valence-corrected chi connectivity index (χ3v) is 2.69. The molecule has 0 saturated carbocycles. The lowest BCUT2D eigenvalue weighted by Crippen LogP contribution is -2.17. The number of carboxylic acids is 1. The van der Waals surface area contributed by atoms with Crippen LogP contribution in [-0.2, 0) is 0 Å². The van der Waals surface area contributed by atoms with Crippen LogP contribution in [0.2, 0.25) is 0 Å². The molecule has 2 rings (SSSR count). The Morgan fingerprint density at radius 1 is 1.29 bits per heavy atom. The molecular weight excluding hydrogens is 279 g/mol. The molecule has 0 radical (unpaired) electrons. The van der Waals surface area contributed by atoms with Gasteiger partial charge in [-0.3, -0.25) is 4.79 Å². The largest absolute Gasteiger partial charge is 0.497 e. The van der Waals surface area contributed by atoms with E-state index in [-0.39, 0.29) is 22.7 Å². The highest BCUT2D eigenvalue weighted by atomic mass is 19.1. The van der Waals surface area contributed by atoms with Crippen LogP contribution < -0.4 is 10.1 Å². The second kappa shape index (κ2) is 6.00. The highest BCUT2D eigenvalue weighted by Gasteiger charge is 2.17. The number of carboxylic acid groups (broad SMARTS) is 1. The SMILES string of the molecule is COc1ccc(C(=O)Nc2ncccc2C(=O)O)c(F)c1. The molecule has 0 fully saturated rings. The summed E-state index contributed by atoms with van der Waals surface area (Å²) in [6, 6.07) is 6.44. The molecule has 1 amide bonds. The topological polar surface area (TPSA) is 88.5 Å². The van der Waals surface area contributed by atoms with E-state index in [4.69, 9.17) is 9.84 Å². The van der Waals surface area contributed by atoms with Crippen molar-refractivity contribution in [3.05, 3.63) is 53.5 Å². The normalized spacial score (nSPS) is 10.0. The molecule has 6 nitrogen and oxygen atoms in total. The van der Waals surface area contributed by atoms with Crippen molar-refractivity contribution in [2.45, 2.75) is 0 Å². The van der Waals surface area contributed by atoms with E-state index >= 15 is 0 Å². The van der Waals surface area contributed by atoms with Crippen molar-refractivity contribution in [1.82, 2.24) is 4.98 Å². The molecule has 0 saturated heterocycles. The number of aromatic nitrogens is 1. The van der Waals surface area contributed by atoms with Gasteiger partial charge in [0.05, 0.1) is 12.7 Å². The number of methoxy groups -OCH3 is 1. The van der Waals surface area contributed by atoms with Crippen LogP contribution in [0.4, 0.5) is 10.2 Å². The fraction of sp³-hybridized carbons (Fsp3) is 0.0714. The summed E-state index contributed by atoms with van der Waals surface area (Å²) in [6.07, 6.45) is 1.33. The Bertz CT molecular complexity index is 703. The van der Waals surface area contributed by atoms with E-state index in [1.54, 1.807) is 0 Å². The third kappa shape index (κ3) is 3.14. The van der Waals surface area contributed by atoms with Gasteiger partial charge in [0.25, 0.3) is 5.91 Å². The van der Waals surface area contributed by atoms with Crippen molar-refractivity contribution in [3.8, 4) is 5.75 Å². The summed E-state index contributed by atoms with van der Waals surface area (Å²) in [5, 5.41) is 11.3. The van der Waals surface area contributed by atoms with Crippen molar-refractivity contribution in [3.63, 3.8) is 0 Å².